The SMILES string of the molecule is Cc1cc(-c2nc(-c3cc(CCC(=O)C(C)(C)C(F)(F)F)ccc3Cl)[nH]c(=O)n2)cc(C(C)(C)C)c1. The van der Waals surface area contributed by atoms with Gasteiger partial charge in [-0.15, -0.1) is 0 Å². The Morgan fingerprint density at radius 1 is 1.00 bits per heavy atom. The average molecular weight is 520 g/mol. The Bertz CT molecular complexity index is 1360. The average Bonchev–Trinajstić information content (AvgIpc) is 2.76. The molecule has 5 nitrogen and oxygen atoms in total. The highest BCUT2D eigenvalue weighted by Crippen LogP contribution is 2.39. The molecule has 0 aliphatic heterocycles. The van der Waals surface area contributed by atoms with Crippen molar-refractivity contribution in [3.05, 3.63) is 68.6 Å². The molecular weight excluding hydrogens is 491 g/mol. The standard InChI is InChI=1S/C27H29ClF3N3O2/c1-15-11-17(14-18(12-15)25(2,3)4)22-32-23(34-24(36)33-22)19-13-16(7-9-20(19)28)8-10-21(35)26(5,6)27(29,30)31/h7,9,11-14H,8,10H2,1-6H3,(H,32,33,34,36). The number of carbonyl (C=O) groups excluding carboxylic acids is 1. The van der Waals surface area contributed by atoms with Gasteiger partial charge in [-0.3, -0.25) is 9.78 Å². The van der Waals surface area contributed by atoms with Crippen LogP contribution in [0.4, 0.5) is 13.2 Å². The van der Waals surface area contributed by atoms with E-state index in [4.69, 9.17) is 11.6 Å². The highest BCUT2D eigenvalue weighted by Gasteiger charge is 2.51. The third-order valence-corrected chi connectivity index (χ3v) is 6.51. The number of nitrogens with one attached hydrogen (secondary N) is 1. The zero-order valence-corrected chi connectivity index (χ0v) is 21.9. The largest absolute Gasteiger partial charge is 0.400 e. The van der Waals surface area contributed by atoms with Crippen molar-refractivity contribution in [2.75, 3.05) is 0 Å². The molecule has 1 heterocycles. The first-order chi connectivity index (χ1) is 16.5. The highest BCUT2D eigenvalue weighted by molar-refractivity contribution is 6.33. The van der Waals surface area contributed by atoms with E-state index in [1.807, 2.05) is 19.1 Å². The monoisotopic (exact) mass is 519 g/mol. The first-order valence-corrected chi connectivity index (χ1v) is 11.9. The molecule has 0 atom stereocenters. The maximum Gasteiger partial charge on any atom is 0.400 e. The molecule has 0 bridgehead atoms. The fourth-order valence-corrected chi connectivity index (χ4v) is 3.83. The number of halogens is 4. The van der Waals surface area contributed by atoms with Crippen LogP contribution in [0.25, 0.3) is 22.8 Å². The number of aromatic amines is 1. The first kappa shape index (κ1) is 27.6. The van der Waals surface area contributed by atoms with Crippen LogP contribution in [0.2, 0.25) is 5.02 Å². The van der Waals surface area contributed by atoms with Crippen LogP contribution in [0, 0.1) is 12.3 Å². The molecule has 0 fully saturated rings. The van der Waals surface area contributed by atoms with Gasteiger partial charge >= 0.3 is 11.9 Å². The van der Waals surface area contributed by atoms with Gasteiger partial charge in [0.15, 0.2) is 5.82 Å². The molecule has 192 valence electrons. The molecule has 0 aliphatic carbocycles. The maximum absolute atomic E-state index is 13.2. The second kappa shape index (κ2) is 9.81. The molecular formula is C27H29ClF3N3O2. The third-order valence-electron chi connectivity index (χ3n) is 6.18. The molecule has 0 spiro atoms. The normalized spacial score (nSPS) is 12.6. The second-order valence-electron chi connectivity index (χ2n) is 10.5. The minimum Gasteiger partial charge on any atom is -0.299 e. The topological polar surface area (TPSA) is 75.7 Å². The van der Waals surface area contributed by atoms with E-state index in [1.165, 1.54) is 0 Å². The van der Waals surface area contributed by atoms with E-state index in [0.717, 1.165) is 25.0 Å². The Morgan fingerprint density at radius 3 is 2.28 bits per heavy atom. The summed E-state index contributed by atoms with van der Waals surface area (Å²) in [6, 6.07) is 10.7. The Kier molecular flexibility index (Phi) is 7.51. The molecule has 1 aromatic heterocycles. The smallest absolute Gasteiger partial charge is 0.299 e. The quantitative estimate of drug-likeness (QED) is 0.386. The lowest BCUT2D eigenvalue weighted by Gasteiger charge is -2.26. The lowest BCUT2D eigenvalue weighted by molar-refractivity contribution is -0.210. The van der Waals surface area contributed by atoms with Gasteiger partial charge < -0.3 is 0 Å². The van der Waals surface area contributed by atoms with Gasteiger partial charge in [0.25, 0.3) is 0 Å². The van der Waals surface area contributed by atoms with Crippen LogP contribution in [-0.2, 0) is 16.6 Å². The fourth-order valence-electron chi connectivity index (χ4n) is 3.62. The summed E-state index contributed by atoms with van der Waals surface area (Å²) >= 11 is 6.39. The summed E-state index contributed by atoms with van der Waals surface area (Å²) in [5.41, 5.74) is 0.545. The molecule has 36 heavy (non-hydrogen) atoms. The number of benzene rings is 2. The van der Waals surface area contributed by atoms with Gasteiger partial charge in [-0.1, -0.05) is 50.1 Å². The minimum atomic E-state index is -4.63. The highest BCUT2D eigenvalue weighted by atomic mass is 35.5. The number of H-pyrrole nitrogens is 1. The number of nitrogens with zero attached hydrogens (tertiary/aromatic N) is 2. The molecule has 3 rings (SSSR count). The van der Waals surface area contributed by atoms with E-state index in [9.17, 15) is 22.8 Å². The number of rotatable bonds is 6. The Labute approximate surface area is 213 Å². The van der Waals surface area contributed by atoms with Crippen LogP contribution in [0.5, 0.6) is 0 Å². The lowest BCUT2D eigenvalue weighted by Crippen LogP contribution is -2.39. The third kappa shape index (κ3) is 6.03. The second-order valence-corrected chi connectivity index (χ2v) is 10.9. The van der Waals surface area contributed by atoms with Crippen LogP contribution < -0.4 is 5.69 Å². The molecule has 0 aliphatic rings. The Hall–Kier alpha value is -3.00. The van der Waals surface area contributed by atoms with E-state index in [1.54, 1.807) is 18.2 Å². The van der Waals surface area contributed by atoms with Crippen molar-refractivity contribution in [2.45, 2.75) is 66.0 Å². The summed E-state index contributed by atoms with van der Waals surface area (Å²) < 4.78 is 39.6. The van der Waals surface area contributed by atoms with Crippen molar-refractivity contribution in [3.63, 3.8) is 0 Å². The van der Waals surface area contributed by atoms with E-state index < -0.39 is 23.1 Å². The summed E-state index contributed by atoms with van der Waals surface area (Å²) in [5, 5.41) is 0.292. The Morgan fingerprint density at radius 2 is 1.67 bits per heavy atom. The van der Waals surface area contributed by atoms with Crippen molar-refractivity contribution in [1.82, 2.24) is 15.0 Å². The van der Waals surface area contributed by atoms with Gasteiger partial charge in [0, 0.05) is 17.5 Å². The van der Waals surface area contributed by atoms with Crippen molar-refractivity contribution in [3.8, 4) is 22.8 Å². The molecule has 0 saturated carbocycles. The predicted molar refractivity (Wildman–Crippen MR) is 135 cm³/mol. The van der Waals surface area contributed by atoms with Gasteiger partial charge in [0.05, 0.1) is 5.02 Å². The van der Waals surface area contributed by atoms with Gasteiger partial charge in [0.1, 0.15) is 17.0 Å². The number of Topliss-reactive ketones (excluding diaryl/α,β-unsaturated/α-hetero) is 1. The summed E-state index contributed by atoms with van der Waals surface area (Å²) in [6.07, 6.45) is -4.84. The minimum absolute atomic E-state index is 0.0809. The summed E-state index contributed by atoms with van der Waals surface area (Å²) in [4.78, 5) is 35.9. The van der Waals surface area contributed by atoms with E-state index in [-0.39, 0.29) is 29.9 Å². The number of alkyl halides is 3. The molecule has 0 radical (unpaired) electrons. The summed E-state index contributed by atoms with van der Waals surface area (Å²) in [5.74, 6) is -0.498. The molecule has 3 aromatic rings. The van der Waals surface area contributed by atoms with E-state index in [2.05, 4.69) is 41.8 Å². The van der Waals surface area contributed by atoms with Crippen molar-refractivity contribution in [1.29, 1.82) is 0 Å². The maximum atomic E-state index is 13.2. The van der Waals surface area contributed by atoms with Crippen LogP contribution in [-0.4, -0.2) is 26.9 Å². The molecule has 2 aromatic carbocycles. The summed E-state index contributed by atoms with van der Waals surface area (Å²) in [6.45, 7) is 9.97. The van der Waals surface area contributed by atoms with Crippen molar-refractivity contribution < 1.29 is 18.0 Å². The number of ketones is 1. The van der Waals surface area contributed by atoms with Crippen LogP contribution in [0.3, 0.4) is 0 Å². The zero-order valence-electron chi connectivity index (χ0n) is 21.1. The Balaban J connectivity index is 1.97. The van der Waals surface area contributed by atoms with Crippen LogP contribution >= 0.6 is 11.6 Å². The first-order valence-electron chi connectivity index (χ1n) is 11.5. The lowest BCUT2D eigenvalue weighted by atomic mass is 9.84. The van der Waals surface area contributed by atoms with Crippen LogP contribution in [0.15, 0.2) is 41.2 Å². The number of hydrogen-bond acceptors (Lipinski definition) is 4. The molecule has 0 saturated heterocycles. The van der Waals surface area contributed by atoms with E-state index in [0.29, 0.717) is 21.7 Å². The van der Waals surface area contributed by atoms with Gasteiger partial charge in [-0.25, -0.2) is 9.78 Å². The number of aromatic nitrogens is 3. The molecule has 0 amide bonds. The van der Waals surface area contributed by atoms with Gasteiger partial charge in [-0.2, -0.15) is 18.2 Å². The van der Waals surface area contributed by atoms with Crippen molar-refractivity contribution >= 4 is 17.4 Å². The van der Waals surface area contributed by atoms with E-state index >= 15 is 0 Å². The van der Waals surface area contributed by atoms with Crippen LogP contribution in [0.1, 0.15) is 57.7 Å². The predicted octanol–water partition coefficient (Wildman–Crippen LogP) is 6.85. The molecule has 0 unspecified atom stereocenters. The van der Waals surface area contributed by atoms with Gasteiger partial charge in [0.2, 0.25) is 0 Å². The van der Waals surface area contributed by atoms with Gasteiger partial charge in [-0.05, 0) is 68.0 Å². The summed E-state index contributed by atoms with van der Waals surface area (Å²) in [7, 11) is 0. The number of carbonyl (C=O) groups is 1. The van der Waals surface area contributed by atoms with Crippen molar-refractivity contribution in [2.24, 2.45) is 5.41 Å². The zero-order chi connectivity index (χ0) is 27.1. The number of hydrogen-bond donors (Lipinski definition) is 1. The number of aryl methyl sites for hydroxylation is 2. The molecule has 9 heteroatoms. The fraction of sp³-hybridized carbons (Fsp3) is 0.407. The molecule has 1 N–H and O–H groups in total.